The van der Waals surface area contributed by atoms with Crippen LogP contribution in [0.2, 0.25) is 0 Å². The number of sulfone groups is 1. The lowest BCUT2D eigenvalue weighted by molar-refractivity contribution is 0.478. The summed E-state index contributed by atoms with van der Waals surface area (Å²) in [5.74, 6) is 0.525. The number of anilines is 2. The van der Waals surface area contributed by atoms with Gasteiger partial charge in [-0.3, -0.25) is 0 Å². The molecule has 1 aliphatic rings. The van der Waals surface area contributed by atoms with Crippen molar-refractivity contribution in [1.82, 2.24) is 15.5 Å². The highest BCUT2D eigenvalue weighted by atomic mass is 32.2. The molecule has 3 rings (SSSR count). The first kappa shape index (κ1) is 14.0. The summed E-state index contributed by atoms with van der Waals surface area (Å²) in [6.07, 6.45) is 3.57. The van der Waals surface area contributed by atoms with E-state index in [4.69, 9.17) is 4.42 Å². The third kappa shape index (κ3) is 3.79. The van der Waals surface area contributed by atoms with E-state index in [-0.39, 0.29) is 10.9 Å². The fourth-order valence-corrected chi connectivity index (χ4v) is 2.43. The molecule has 0 unspecified atom stereocenters. The lowest BCUT2D eigenvalue weighted by Gasteiger charge is -2.02. The van der Waals surface area contributed by atoms with Crippen molar-refractivity contribution < 1.29 is 12.8 Å². The van der Waals surface area contributed by atoms with E-state index in [0.29, 0.717) is 24.2 Å². The molecule has 8 heteroatoms. The first-order valence-corrected chi connectivity index (χ1v) is 8.53. The number of rotatable bonds is 6. The number of nitrogens with one attached hydrogen (secondary N) is 2. The third-order valence-corrected chi connectivity index (χ3v) is 4.25. The van der Waals surface area contributed by atoms with Crippen molar-refractivity contribution in [2.45, 2.75) is 30.3 Å². The van der Waals surface area contributed by atoms with E-state index in [1.165, 1.54) is 31.2 Å². The largest absolute Gasteiger partial charge is 0.406 e. The van der Waals surface area contributed by atoms with Crippen LogP contribution in [0, 0.1) is 0 Å². The average molecular weight is 308 g/mol. The van der Waals surface area contributed by atoms with Gasteiger partial charge in [0.15, 0.2) is 9.84 Å². The Hall–Kier alpha value is -1.93. The van der Waals surface area contributed by atoms with E-state index in [0.717, 1.165) is 0 Å². The molecule has 112 valence electrons. The second-order valence-electron chi connectivity index (χ2n) is 5.08. The molecule has 0 bridgehead atoms. The Kier molecular flexibility index (Phi) is 3.64. The molecular weight excluding hydrogens is 292 g/mol. The van der Waals surface area contributed by atoms with Crippen LogP contribution in [-0.4, -0.2) is 30.9 Å². The van der Waals surface area contributed by atoms with Gasteiger partial charge < -0.3 is 15.1 Å². The van der Waals surface area contributed by atoms with Crippen molar-refractivity contribution in [2.24, 2.45) is 0 Å². The summed E-state index contributed by atoms with van der Waals surface area (Å²) in [6.45, 7) is 0.562. The molecule has 1 heterocycles. The summed E-state index contributed by atoms with van der Waals surface area (Å²) in [4.78, 5) is 0.271. The Balaban J connectivity index is 1.63. The molecule has 0 atom stereocenters. The molecule has 1 aromatic heterocycles. The van der Waals surface area contributed by atoms with E-state index >= 15 is 0 Å². The molecule has 0 amide bonds. The predicted octanol–water partition coefficient (Wildman–Crippen LogP) is 1.47. The minimum atomic E-state index is -3.19. The summed E-state index contributed by atoms with van der Waals surface area (Å²) in [5, 5.41) is 14.1. The molecule has 21 heavy (non-hydrogen) atoms. The van der Waals surface area contributed by atoms with E-state index in [9.17, 15) is 8.42 Å². The zero-order valence-corrected chi connectivity index (χ0v) is 12.4. The van der Waals surface area contributed by atoms with E-state index in [1.807, 2.05) is 0 Å². The number of hydrogen-bond donors (Lipinski definition) is 2. The van der Waals surface area contributed by atoms with Gasteiger partial charge in [0.2, 0.25) is 5.89 Å². The molecule has 2 aromatic rings. The third-order valence-electron chi connectivity index (χ3n) is 3.12. The van der Waals surface area contributed by atoms with E-state index in [1.54, 1.807) is 12.1 Å². The Morgan fingerprint density at radius 3 is 2.57 bits per heavy atom. The molecule has 1 aromatic carbocycles. The molecule has 1 saturated carbocycles. The minimum Gasteiger partial charge on any atom is -0.406 e. The Morgan fingerprint density at radius 2 is 1.95 bits per heavy atom. The maximum Gasteiger partial charge on any atom is 0.320 e. The summed E-state index contributed by atoms with van der Waals surface area (Å²) in [6, 6.07) is 7.24. The van der Waals surface area contributed by atoms with Crippen molar-refractivity contribution in [3.05, 3.63) is 30.2 Å². The zero-order chi connectivity index (χ0) is 14.9. The highest BCUT2D eigenvalue weighted by molar-refractivity contribution is 7.90. The van der Waals surface area contributed by atoms with Crippen LogP contribution >= 0.6 is 0 Å². The summed E-state index contributed by atoms with van der Waals surface area (Å²) < 4.78 is 28.2. The standard InChI is InChI=1S/C13H16N4O3S/c1-21(18,19)11-6-4-10(5-7-11)15-13-17-16-12(20-13)8-14-9-2-3-9/h4-7,9,14H,2-3,8H2,1H3,(H,15,17). The second-order valence-corrected chi connectivity index (χ2v) is 7.09. The highest BCUT2D eigenvalue weighted by Gasteiger charge is 2.21. The topological polar surface area (TPSA) is 97.1 Å². The quantitative estimate of drug-likeness (QED) is 0.834. The first-order valence-electron chi connectivity index (χ1n) is 6.63. The average Bonchev–Trinajstić information content (AvgIpc) is 3.16. The van der Waals surface area contributed by atoms with Crippen molar-refractivity contribution in [3.63, 3.8) is 0 Å². The van der Waals surface area contributed by atoms with Crippen LogP contribution in [0.15, 0.2) is 33.6 Å². The van der Waals surface area contributed by atoms with Crippen molar-refractivity contribution >= 4 is 21.5 Å². The van der Waals surface area contributed by atoms with Gasteiger partial charge in [0, 0.05) is 18.0 Å². The zero-order valence-electron chi connectivity index (χ0n) is 11.5. The molecule has 1 fully saturated rings. The molecule has 0 spiro atoms. The molecule has 7 nitrogen and oxygen atoms in total. The Morgan fingerprint density at radius 1 is 1.24 bits per heavy atom. The lowest BCUT2D eigenvalue weighted by Crippen LogP contribution is -2.15. The predicted molar refractivity (Wildman–Crippen MR) is 77.0 cm³/mol. The van der Waals surface area contributed by atoms with Gasteiger partial charge in [-0.25, -0.2) is 8.42 Å². The second kappa shape index (κ2) is 5.45. The lowest BCUT2D eigenvalue weighted by atomic mass is 10.3. The number of hydrogen-bond acceptors (Lipinski definition) is 7. The maximum atomic E-state index is 11.4. The van der Waals surface area contributed by atoms with Crippen molar-refractivity contribution in [1.29, 1.82) is 0 Å². The summed E-state index contributed by atoms with van der Waals surface area (Å²) in [5.41, 5.74) is 0.688. The van der Waals surface area contributed by atoms with Crippen LogP contribution in [0.25, 0.3) is 0 Å². The van der Waals surface area contributed by atoms with Gasteiger partial charge in [-0.2, -0.15) is 0 Å². The van der Waals surface area contributed by atoms with Crippen LogP contribution in [0.5, 0.6) is 0 Å². The van der Waals surface area contributed by atoms with Crippen LogP contribution in [-0.2, 0) is 16.4 Å². The van der Waals surface area contributed by atoms with Crippen LogP contribution in [0.4, 0.5) is 11.7 Å². The molecule has 0 aliphatic heterocycles. The Bertz CT molecular complexity index is 720. The molecule has 1 aliphatic carbocycles. The number of aromatic nitrogens is 2. The van der Waals surface area contributed by atoms with E-state index in [2.05, 4.69) is 20.8 Å². The van der Waals surface area contributed by atoms with Gasteiger partial charge >= 0.3 is 6.01 Å². The van der Waals surface area contributed by atoms with Gasteiger partial charge in [-0.1, -0.05) is 5.10 Å². The van der Waals surface area contributed by atoms with Crippen molar-refractivity contribution in [3.8, 4) is 0 Å². The van der Waals surface area contributed by atoms with Crippen LogP contribution in [0.3, 0.4) is 0 Å². The van der Waals surface area contributed by atoms with E-state index < -0.39 is 9.84 Å². The van der Waals surface area contributed by atoms with Gasteiger partial charge in [-0.05, 0) is 37.1 Å². The molecular formula is C13H16N4O3S. The smallest absolute Gasteiger partial charge is 0.320 e. The number of nitrogens with zero attached hydrogens (tertiary/aromatic N) is 2. The van der Waals surface area contributed by atoms with Crippen LogP contribution in [0.1, 0.15) is 18.7 Å². The molecule has 0 radical (unpaired) electrons. The summed E-state index contributed by atoms with van der Waals surface area (Å²) in [7, 11) is -3.19. The normalized spacial score (nSPS) is 15.1. The fourth-order valence-electron chi connectivity index (χ4n) is 1.80. The van der Waals surface area contributed by atoms with Crippen molar-refractivity contribution in [2.75, 3.05) is 11.6 Å². The Labute approximate surface area is 122 Å². The first-order chi connectivity index (χ1) is 10.0. The number of benzene rings is 1. The highest BCUT2D eigenvalue weighted by Crippen LogP contribution is 2.20. The molecule has 0 saturated heterocycles. The van der Waals surface area contributed by atoms with Gasteiger partial charge in [0.1, 0.15) is 0 Å². The fraction of sp³-hybridized carbons (Fsp3) is 0.385. The monoisotopic (exact) mass is 308 g/mol. The maximum absolute atomic E-state index is 11.4. The SMILES string of the molecule is CS(=O)(=O)c1ccc(Nc2nnc(CNC3CC3)o2)cc1. The summed E-state index contributed by atoms with van der Waals surface area (Å²) >= 11 is 0. The van der Waals surface area contributed by atoms with Gasteiger partial charge in [-0.15, -0.1) is 5.10 Å². The van der Waals surface area contributed by atoms with Gasteiger partial charge in [0.25, 0.3) is 0 Å². The van der Waals surface area contributed by atoms with Gasteiger partial charge in [0.05, 0.1) is 11.4 Å². The van der Waals surface area contributed by atoms with Crippen LogP contribution < -0.4 is 10.6 Å². The minimum absolute atomic E-state index is 0.271. The molecule has 2 N–H and O–H groups in total.